The largest absolute Gasteiger partial charge is 0.357 e. The Kier molecular flexibility index (Phi) is 7.11. The molecule has 0 bridgehead atoms. The fourth-order valence-electron chi connectivity index (χ4n) is 3.14. The summed E-state index contributed by atoms with van der Waals surface area (Å²) in [6, 6.07) is 10.7. The molecule has 2 aromatic rings. The minimum Gasteiger partial charge on any atom is -0.357 e. The Morgan fingerprint density at radius 2 is 1.87 bits per heavy atom. The number of anilines is 2. The molecule has 1 unspecified atom stereocenters. The molecule has 0 radical (unpaired) electrons. The van der Waals surface area contributed by atoms with Gasteiger partial charge in [-0.1, -0.05) is 18.2 Å². The lowest BCUT2D eigenvalue weighted by Crippen LogP contribution is -2.45. The van der Waals surface area contributed by atoms with Crippen LogP contribution in [0.25, 0.3) is 0 Å². The van der Waals surface area contributed by atoms with Gasteiger partial charge in [0.2, 0.25) is 11.8 Å². The van der Waals surface area contributed by atoms with E-state index in [1.165, 1.54) is 0 Å². The average Bonchev–Trinajstić information content (AvgIpc) is 3.13. The van der Waals surface area contributed by atoms with Crippen molar-refractivity contribution in [3.05, 3.63) is 59.9 Å². The highest BCUT2D eigenvalue weighted by atomic mass is 19.2. The second-order valence-electron chi connectivity index (χ2n) is 6.85. The molecule has 1 atom stereocenters. The minimum atomic E-state index is -1.66. The van der Waals surface area contributed by atoms with Gasteiger partial charge in [0.25, 0.3) is 0 Å². The van der Waals surface area contributed by atoms with Gasteiger partial charge in [-0.2, -0.15) is 0 Å². The Labute approximate surface area is 177 Å². The molecule has 1 aliphatic heterocycles. The number of halogens is 3. The lowest BCUT2D eigenvalue weighted by Gasteiger charge is -2.19. The molecule has 1 fully saturated rings. The fraction of sp³-hybridized carbons (Fsp3) is 0.286. The second kappa shape index (κ2) is 9.96. The van der Waals surface area contributed by atoms with Crippen LogP contribution >= 0.6 is 0 Å². The van der Waals surface area contributed by atoms with E-state index < -0.39 is 35.6 Å². The van der Waals surface area contributed by atoms with E-state index in [1.807, 2.05) is 37.3 Å². The van der Waals surface area contributed by atoms with Crippen LogP contribution in [-0.4, -0.2) is 43.5 Å². The summed E-state index contributed by atoms with van der Waals surface area (Å²) in [5, 5.41) is 8.24. The van der Waals surface area contributed by atoms with Crippen LogP contribution in [0.15, 0.2) is 47.5 Å². The zero-order valence-corrected chi connectivity index (χ0v) is 16.8. The molecule has 0 spiro atoms. The van der Waals surface area contributed by atoms with Crippen LogP contribution < -0.4 is 20.9 Å². The highest BCUT2D eigenvalue weighted by Crippen LogP contribution is 2.21. The fourth-order valence-corrected chi connectivity index (χ4v) is 3.14. The Balaban J connectivity index is 1.61. The number of hydrogen-bond donors (Lipinski definition) is 3. The van der Waals surface area contributed by atoms with Gasteiger partial charge in [-0.25, -0.2) is 18.2 Å². The topological polar surface area (TPSA) is 85.8 Å². The zero-order valence-electron chi connectivity index (χ0n) is 16.8. The second-order valence-corrected chi connectivity index (χ2v) is 6.85. The first-order valence-corrected chi connectivity index (χ1v) is 9.72. The van der Waals surface area contributed by atoms with Crippen molar-refractivity contribution in [1.29, 1.82) is 0 Å². The zero-order chi connectivity index (χ0) is 22.4. The monoisotopic (exact) mass is 433 g/mol. The SMILES string of the molecule is CCNC(=NCC(=O)Nc1ccc(F)c(F)c1F)NC1CC(=O)N(c2ccccc2)C1. The highest BCUT2D eigenvalue weighted by molar-refractivity contribution is 5.97. The van der Waals surface area contributed by atoms with Gasteiger partial charge in [0, 0.05) is 25.2 Å². The lowest BCUT2D eigenvalue weighted by atomic mass is 10.2. The van der Waals surface area contributed by atoms with E-state index in [-0.39, 0.29) is 18.4 Å². The smallest absolute Gasteiger partial charge is 0.246 e. The molecule has 3 N–H and O–H groups in total. The van der Waals surface area contributed by atoms with Crippen molar-refractivity contribution in [2.45, 2.75) is 19.4 Å². The molecule has 164 valence electrons. The number of aliphatic imine (C=N–C) groups is 1. The summed E-state index contributed by atoms with van der Waals surface area (Å²) in [4.78, 5) is 30.2. The van der Waals surface area contributed by atoms with Gasteiger partial charge in [-0.05, 0) is 31.2 Å². The predicted molar refractivity (Wildman–Crippen MR) is 111 cm³/mol. The van der Waals surface area contributed by atoms with Crippen LogP contribution in [0.3, 0.4) is 0 Å². The van der Waals surface area contributed by atoms with Crippen LogP contribution in [0, 0.1) is 17.5 Å². The van der Waals surface area contributed by atoms with Gasteiger partial charge in [-0.3, -0.25) is 9.59 Å². The summed E-state index contributed by atoms with van der Waals surface area (Å²) in [5.41, 5.74) is 0.323. The number of benzene rings is 2. The predicted octanol–water partition coefficient (Wildman–Crippen LogP) is 2.40. The van der Waals surface area contributed by atoms with Gasteiger partial charge < -0.3 is 20.9 Å². The van der Waals surface area contributed by atoms with Gasteiger partial charge in [0.1, 0.15) is 6.54 Å². The summed E-state index contributed by atoms with van der Waals surface area (Å²) in [6.45, 7) is 2.38. The molecule has 0 saturated carbocycles. The Hall–Kier alpha value is -3.56. The molecule has 2 amide bonds. The molecular weight excluding hydrogens is 411 g/mol. The van der Waals surface area contributed by atoms with Gasteiger partial charge in [0.15, 0.2) is 23.4 Å². The summed E-state index contributed by atoms with van der Waals surface area (Å²) >= 11 is 0. The summed E-state index contributed by atoms with van der Waals surface area (Å²) < 4.78 is 40.0. The Morgan fingerprint density at radius 1 is 1.13 bits per heavy atom. The van der Waals surface area contributed by atoms with Crippen LogP contribution in [0.1, 0.15) is 13.3 Å². The maximum Gasteiger partial charge on any atom is 0.246 e. The number of carbonyl (C=O) groups excluding carboxylic acids is 2. The highest BCUT2D eigenvalue weighted by Gasteiger charge is 2.31. The number of guanidine groups is 1. The van der Waals surface area contributed by atoms with Crippen molar-refractivity contribution in [2.24, 2.45) is 4.99 Å². The maximum atomic E-state index is 13.7. The number of nitrogens with zero attached hydrogens (tertiary/aromatic N) is 2. The van der Waals surface area contributed by atoms with E-state index in [2.05, 4.69) is 20.9 Å². The maximum absolute atomic E-state index is 13.7. The van der Waals surface area contributed by atoms with Crippen molar-refractivity contribution < 1.29 is 22.8 Å². The first-order chi connectivity index (χ1) is 14.9. The van der Waals surface area contributed by atoms with Crippen molar-refractivity contribution in [2.75, 3.05) is 29.9 Å². The number of para-hydroxylation sites is 1. The Bertz CT molecular complexity index is 984. The van der Waals surface area contributed by atoms with Crippen molar-refractivity contribution in [1.82, 2.24) is 10.6 Å². The van der Waals surface area contributed by atoms with Crippen LogP contribution in [0.4, 0.5) is 24.5 Å². The standard InChI is InChI=1S/C21H22F3N5O2/c1-2-25-21(26-11-17(30)28-16-9-8-15(22)19(23)20(16)24)27-13-10-18(31)29(12-13)14-6-4-3-5-7-14/h3-9,13H,2,10-12H2,1H3,(H,28,30)(H2,25,26,27). The van der Waals surface area contributed by atoms with E-state index in [0.29, 0.717) is 19.0 Å². The molecule has 3 rings (SSSR count). The van der Waals surface area contributed by atoms with Crippen molar-refractivity contribution in [3.8, 4) is 0 Å². The molecule has 2 aromatic carbocycles. The van der Waals surface area contributed by atoms with E-state index >= 15 is 0 Å². The number of nitrogens with one attached hydrogen (secondary N) is 3. The third-order valence-electron chi connectivity index (χ3n) is 4.57. The third-order valence-corrected chi connectivity index (χ3v) is 4.57. The number of hydrogen-bond acceptors (Lipinski definition) is 3. The van der Waals surface area contributed by atoms with Crippen LogP contribution in [-0.2, 0) is 9.59 Å². The number of amides is 2. The Morgan fingerprint density at radius 3 is 2.58 bits per heavy atom. The molecule has 10 heteroatoms. The molecule has 31 heavy (non-hydrogen) atoms. The summed E-state index contributed by atoms with van der Waals surface area (Å²) in [5.74, 6) is -4.93. The van der Waals surface area contributed by atoms with E-state index in [4.69, 9.17) is 0 Å². The minimum absolute atomic E-state index is 0.0360. The lowest BCUT2D eigenvalue weighted by molar-refractivity contribution is -0.117. The van der Waals surface area contributed by atoms with Crippen molar-refractivity contribution in [3.63, 3.8) is 0 Å². The average molecular weight is 433 g/mol. The van der Waals surface area contributed by atoms with E-state index in [9.17, 15) is 22.8 Å². The first-order valence-electron chi connectivity index (χ1n) is 9.72. The summed E-state index contributed by atoms with van der Waals surface area (Å²) in [7, 11) is 0. The van der Waals surface area contributed by atoms with Gasteiger partial charge >= 0.3 is 0 Å². The third kappa shape index (κ3) is 5.53. The molecular formula is C21H22F3N5O2. The van der Waals surface area contributed by atoms with Gasteiger partial charge in [0.05, 0.1) is 11.7 Å². The van der Waals surface area contributed by atoms with Crippen molar-refractivity contribution >= 4 is 29.1 Å². The molecule has 7 nitrogen and oxygen atoms in total. The molecule has 1 saturated heterocycles. The number of carbonyl (C=O) groups is 2. The first kappa shape index (κ1) is 22.1. The van der Waals surface area contributed by atoms with Crippen LogP contribution in [0.2, 0.25) is 0 Å². The van der Waals surface area contributed by atoms with E-state index in [0.717, 1.165) is 17.8 Å². The van der Waals surface area contributed by atoms with Crippen LogP contribution in [0.5, 0.6) is 0 Å². The summed E-state index contributed by atoms with van der Waals surface area (Å²) in [6.07, 6.45) is 0.256. The van der Waals surface area contributed by atoms with Gasteiger partial charge in [-0.15, -0.1) is 0 Å². The molecule has 0 aliphatic carbocycles. The molecule has 0 aromatic heterocycles. The van der Waals surface area contributed by atoms with E-state index in [1.54, 1.807) is 4.90 Å². The number of rotatable bonds is 6. The normalized spacial score (nSPS) is 16.4. The molecule has 1 heterocycles. The molecule has 1 aliphatic rings. The quantitative estimate of drug-likeness (QED) is 0.371.